The zero-order valence-corrected chi connectivity index (χ0v) is 66.2. The Bertz CT molecular complexity index is 2450. The highest BCUT2D eigenvalue weighted by atomic mass is 31.2. The smallest absolute Gasteiger partial charge is 0.463 e. The number of aliphatic hydroxyl groups is 2. The lowest BCUT2D eigenvalue weighted by Crippen LogP contribution is -2.30. The van der Waals surface area contributed by atoms with Gasteiger partial charge < -0.3 is 34.2 Å². The van der Waals surface area contributed by atoms with E-state index >= 15 is 0 Å². The SMILES string of the molecule is CC/C=C\C/C=C\C/C=C\C/C=C\C/C=C\CCCCCCCCCCCCCC(=O)OCC(O)COP(=O)(O)OCC(O)COP(=O)(O)OCC(COC(=O)CCCCCCCCCCC/C=C\C/C=C\C/C=C\C/C=C\C/C=C\CC)OC(=O)CCCCCCC/C=C\C/C=C\CCCCC. The van der Waals surface area contributed by atoms with Crippen molar-refractivity contribution in [3.05, 3.63) is 146 Å². The van der Waals surface area contributed by atoms with Crippen LogP contribution in [0, 0.1) is 0 Å². The van der Waals surface area contributed by atoms with Gasteiger partial charge in [-0.2, -0.15) is 0 Å². The minimum atomic E-state index is -4.94. The van der Waals surface area contributed by atoms with E-state index in [0.29, 0.717) is 19.3 Å². The third kappa shape index (κ3) is 78.3. The van der Waals surface area contributed by atoms with E-state index in [2.05, 4.69) is 167 Å². The molecule has 0 saturated heterocycles. The number of hydrogen-bond acceptors (Lipinski definition) is 14. The van der Waals surface area contributed by atoms with Gasteiger partial charge in [0.25, 0.3) is 0 Å². The predicted molar refractivity (Wildman–Crippen MR) is 426 cm³/mol. The van der Waals surface area contributed by atoms with Crippen molar-refractivity contribution in [1.29, 1.82) is 0 Å². The summed E-state index contributed by atoms with van der Waals surface area (Å²) in [6, 6.07) is 0. The predicted octanol–water partition coefficient (Wildman–Crippen LogP) is 23.7. The minimum absolute atomic E-state index is 0.0841. The molecule has 0 aliphatic carbocycles. The van der Waals surface area contributed by atoms with Crippen molar-refractivity contribution in [3.8, 4) is 0 Å². The summed E-state index contributed by atoms with van der Waals surface area (Å²) in [5.74, 6) is -1.60. The first-order valence-electron chi connectivity index (χ1n) is 40.1. The summed E-state index contributed by atoms with van der Waals surface area (Å²) in [5, 5.41) is 20.6. The van der Waals surface area contributed by atoms with Crippen LogP contribution in [0.15, 0.2) is 146 Å². The Balaban J connectivity index is 4.58. The van der Waals surface area contributed by atoms with Crippen LogP contribution in [-0.4, -0.2) is 95.9 Å². The van der Waals surface area contributed by atoms with Gasteiger partial charge in [-0.15, -0.1) is 0 Å². The van der Waals surface area contributed by atoms with E-state index in [-0.39, 0.29) is 19.3 Å². The molecule has 0 aromatic rings. The molecule has 0 radical (unpaired) electrons. The number of carbonyl (C=O) groups is 3. The fourth-order valence-electron chi connectivity index (χ4n) is 10.5. The Hall–Kier alpha value is -4.57. The van der Waals surface area contributed by atoms with E-state index in [1.165, 1.54) is 89.9 Å². The summed E-state index contributed by atoms with van der Waals surface area (Å²) in [5.41, 5.74) is 0. The number of phosphoric acid groups is 2. The zero-order valence-electron chi connectivity index (χ0n) is 64.4. The van der Waals surface area contributed by atoms with Gasteiger partial charge >= 0.3 is 33.6 Å². The number of carbonyl (C=O) groups excluding carboxylic acids is 3. The number of ether oxygens (including phenoxy) is 3. The normalized spacial score (nSPS) is 14.7. The van der Waals surface area contributed by atoms with Gasteiger partial charge in [-0.05, 0) is 141 Å². The second kappa shape index (κ2) is 77.1. The molecule has 5 atom stereocenters. The van der Waals surface area contributed by atoms with Crippen molar-refractivity contribution in [1.82, 2.24) is 0 Å². The summed E-state index contributed by atoms with van der Waals surface area (Å²) in [7, 11) is -9.80. The van der Waals surface area contributed by atoms with Gasteiger partial charge in [-0.3, -0.25) is 32.5 Å². The minimum Gasteiger partial charge on any atom is -0.463 e. The Morgan fingerprint density at radius 3 is 0.816 bits per heavy atom. The van der Waals surface area contributed by atoms with Crippen molar-refractivity contribution < 1.29 is 75.8 Å². The fourth-order valence-corrected chi connectivity index (χ4v) is 12.1. The first-order valence-corrected chi connectivity index (χ1v) is 43.1. The highest BCUT2D eigenvalue weighted by Gasteiger charge is 2.29. The molecule has 103 heavy (non-hydrogen) atoms. The molecule has 590 valence electrons. The van der Waals surface area contributed by atoms with Crippen molar-refractivity contribution >= 4 is 33.6 Å². The van der Waals surface area contributed by atoms with E-state index in [4.69, 9.17) is 32.3 Å². The van der Waals surface area contributed by atoms with Crippen LogP contribution in [0.2, 0.25) is 0 Å². The van der Waals surface area contributed by atoms with E-state index in [0.717, 1.165) is 167 Å². The van der Waals surface area contributed by atoms with E-state index in [1.807, 2.05) is 0 Å². The molecule has 0 aromatic heterocycles. The molecule has 0 bridgehead atoms. The maximum absolute atomic E-state index is 13.0. The molecule has 0 aromatic carbocycles. The highest BCUT2D eigenvalue weighted by Crippen LogP contribution is 2.45. The van der Waals surface area contributed by atoms with Crippen LogP contribution in [0.1, 0.15) is 316 Å². The summed E-state index contributed by atoms with van der Waals surface area (Å²) < 4.78 is 61.2. The molecule has 0 fully saturated rings. The van der Waals surface area contributed by atoms with Gasteiger partial charge in [0, 0.05) is 19.3 Å². The number of rotatable bonds is 75. The Morgan fingerprint density at radius 2 is 0.515 bits per heavy atom. The highest BCUT2D eigenvalue weighted by molar-refractivity contribution is 7.47. The van der Waals surface area contributed by atoms with Crippen LogP contribution in [0.25, 0.3) is 0 Å². The van der Waals surface area contributed by atoms with Gasteiger partial charge in [-0.1, -0.05) is 301 Å². The monoisotopic (exact) mass is 1480 g/mol. The van der Waals surface area contributed by atoms with Crippen molar-refractivity contribution in [3.63, 3.8) is 0 Å². The van der Waals surface area contributed by atoms with Crippen LogP contribution in [0.4, 0.5) is 0 Å². The van der Waals surface area contributed by atoms with Crippen LogP contribution < -0.4 is 0 Å². The number of allylic oxidation sites excluding steroid dienone is 24. The zero-order chi connectivity index (χ0) is 75.2. The average molecular weight is 1480 g/mol. The molecule has 0 rings (SSSR count). The Labute approximate surface area is 626 Å². The summed E-state index contributed by atoms with van der Waals surface area (Å²) >= 11 is 0. The molecular formula is C85H144O16P2. The third-order valence-electron chi connectivity index (χ3n) is 16.5. The van der Waals surface area contributed by atoms with E-state index < -0.39 is 91.5 Å². The first kappa shape index (κ1) is 98.4. The molecule has 16 nitrogen and oxygen atoms in total. The maximum Gasteiger partial charge on any atom is 0.472 e. The van der Waals surface area contributed by atoms with Gasteiger partial charge in [0.2, 0.25) is 0 Å². The molecule has 0 aliphatic heterocycles. The average Bonchev–Trinajstić information content (AvgIpc) is 0.922. The Morgan fingerprint density at radius 1 is 0.282 bits per heavy atom. The molecule has 0 heterocycles. The van der Waals surface area contributed by atoms with E-state index in [9.17, 15) is 43.5 Å². The summed E-state index contributed by atoms with van der Waals surface area (Å²) in [6.45, 7) is 2.41. The third-order valence-corrected chi connectivity index (χ3v) is 18.4. The second-order valence-electron chi connectivity index (χ2n) is 26.5. The molecule has 0 saturated carbocycles. The number of aliphatic hydroxyl groups excluding tert-OH is 2. The van der Waals surface area contributed by atoms with Crippen LogP contribution in [0.3, 0.4) is 0 Å². The van der Waals surface area contributed by atoms with Gasteiger partial charge in [0.05, 0.1) is 26.4 Å². The Kier molecular flexibility index (Phi) is 73.6. The molecule has 0 aliphatic rings. The van der Waals surface area contributed by atoms with Gasteiger partial charge in [0.1, 0.15) is 25.4 Å². The van der Waals surface area contributed by atoms with Crippen molar-refractivity contribution in [2.24, 2.45) is 0 Å². The largest absolute Gasteiger partial charge is 0.472 e. The molecular weight excluding hydrogens is 1340 g/mol. The van der Waals surface area contributed by atoms with Crippen LogP contribution in [-0.2, 0) is 55.8 Å². The van der Waals surface area contributed by atoms with Gasteiger partial charge in [0.15, 0.2) is 6.10 Å². The summed E-state index contributed by atoms with van der Waals surface area (Å²) in [4.78, 5) is 58.7. The number of unbranched alkanes of at least 4 members (excludes halogenated alkanes) is 28. The quantitative estimate of drug-likeness (QED) is 0.0146. The molecule has 0 amide bonds. The topological polar surface area (TPSA) is 231 Å². The maximum atomic E-state index is 13.0. The van der Waals surface area contributed by atoms with Crippen LogP contribution in [0.5, 0.6) is 0 Å². The molecule has 4 N–H and O–H groups in total. The second-order valence-corrected chi connectivity index (χ2v) is 29.4. The number of phosphoric ester groups is 2. The number of hydrogen-bond donors (Lipinski definition) is 4. The number of esters is 3. The molecule has 18 heteroatoms. The standard InChI is InChI=1S/C85H144O16P2/c1-4-7-10-13-16-19-22-25-28-30-32-34-36-38-39-41-43-44-46-48-51-53-56-59-62-65-68-71-83(88)95-74-80(86)75-97-102(91,92)98-76-81(87)77-99-103(93,94)100-79-82(101-85(90)73-70-67-64-61-58-55-50-27-24-21-18-15-12-9-6-3)78-96-84(89)72-69-66-63-60-57-54-52-49-47-45-42-40-37-35-33-31-29-26-23-20-17-14-11-8-5-2/h7-8,10-11,16-21,25-29,32-35,38-40,42,50,80-82,86-87H,4-6,9,12-15,22-24,30-31,36-37,41,43-49,51-79H2,1-3H3,(H,91,92)(H,93,94)/b10-7-,11-8-,19-16-,20-17-,21-18-,28-25-,29-26-,34-32-,35-33-,39-38-,42-40-,50-27-. The lowest BCUT2D eigenvalue weighted by molar-refractivity contribution is -0.161. The van der Waals surface area contributed by atoms with Crippen LogP contribution >= 0.6 is 15.6 Å². The molecule has 5 unspecified atom stereocenters. The van der Waals surface area contributed by atoms with E-state index in [1.54, 1.807) is 0 Å². The lowest BCUT2D eigenvalue weighted by Gasteiger charge is -2.21. The van der Waals surface area contributed by atoms with Gasteiger partial charge in [-0.25, -0.2) is 9.13 Å². The fraction of sp³-hybridized carbons (Fsp3) is 0.682. The summed E-state index contributed by atoms with van der Waals surface area (Å²) in [6.07, 6.45) is 94.6. The molecule has 0 spiro atoms. The first-order chi connectivity index (χ1) is 50.2. The lowest BCUT2D eigenvalue weighted by atomic mass is 10.0. The van der Waals surface area contributed by atoms with Crippen molar-refractivity contribution in [2.45, 2.75) is 334 Å². The van der Waals surface area contributed by atoms with Crippen molar-refractivity contribution in [2.75, 3.05) is 39.6 Å².